The largest absolute Gasteiger partial charge is 0.490 e. The number of amides is 1. The lowest BCUT2D eigenvalue weighted by Gasteiger charge is -2.15. The molecule has 1 rings (SSSR count). The van der Waals surface area contributed by atoms with Crippen molar-refractivity contribution < 1.29 is 23.8 Å². The molecule has 0 spiro atoms. The Hall–Kier alpha value is -2.62. The number of carboxylic acids is 1. The summed E-state index contributed by atoms with van der Waals surface area (Å²) in [5.41, 5.74) is 0.712. The smallest absolute Gasteiger partial charge is 0.306 e. The minimum absolute atomic E-state index is 0.0313. The summed E-state index contributed by atoms with van der Waals surface area (Å²) in [6.07, 6.45) is 0.499. The monoisotopic (exact) mass is 322 g/mol. The highest BCUT2D eigenvalue weighted by molar-refractivity contribution is 5.80. The fourth-order valence-corrected chi connectivity index (χ4v) is 1.93. The number of carboxylic acid groups (broad SMARTS) is 1. The molecule has 1 amide bonds. The molecule has 0 heterocycles. The number of ether oxygens (including phenoxy) is 1. The van der Waals surface area contributed by atoms with Crippen molar-refractivity contribution in [2.24, 2.45) is 5.92 Å². The summed E-state index contributed by atoms with van der Waals surface area (Å²) in [6, 6.07) is 6.20. The van der Waals surface area contributed by atoms with Crippen LogP contribution in [0.15, 0.2) is 18.2 Å². The van der Waals surface area contributed by atoms with E-state index in [0.29, 0.717) is 18.4 Å². The second-order valence-corrected chi connectivity index (χ2v) is 5.21. The van der Waals surface area contributed by atoms with E-state index in [2.05, 4.69) is 0 Å². The fourth-order valence-electron chi connectivity index (χ4n) is 1.93. The van der Waals surface area contributed by atoms with Gasteiger partial charge in [0.15, 0.2) is 11.6 Å². The molecule has 0 aliphatic carbocycles. The fraction of sp³-hybridized carbons (Fsp3) is 0.438. The first-order valence-electron chi connectivity index (χ1n) is 7.09. The molecule has 124 valence electrons. The molecule has 0 fully saturated rings. The molecular formula is C16H19FN2O4. The van der Waals surface area contributed by atoms with E-state index in [0.717, 1.165) is 0 Å². The number of aryl methyl sites for hydroxylation is 1. The van der Waals surface area contributed by atoms with Crippen LogP contribution in [-0.4, -0.2) is 42.6 Å². The highest BCUT2D eigenvalue weighted by Crippen LogP contribution is 2.21. The number of benzene rings is 1. The highest BCUT2D eigenvalue weighted by atomic mass is 19.1. The third-order valence-electron chi connectivity index (χ3n) is 3.19. The lowest BCUT2D eigenvalue weighted by molar-refractivity contribution is -0.137. The van der Waals surface area contributed by atoms with Crippen LogP contribution in [0.4, 0.5) is 4.39 Å². The molecule has 0 saturated carbocycles. The Labute approximate surface area is 134 Å². The van der Waals surface area contributed by atoms with Crippen LogP contribution in [0.3, 0.4) is 0 Å². The van der Waals surface area contributed by atoms with Crippen LogP contribution in [0.2, 0.25) is 0 Å². The molecule has 1 aromatic carbocycles. The van der Waals surface area contributed by atoms with Gasteiger partial charge in [0, 0.05) is 14.1 Å². The average molecular weight is 322 g/mol. The van der Waals surface area contributed by atoms with E-state index in [1.165, 1.54) is 17.0 Å². The van der Waals surface area contributed by atoms with Gasteiger partial charge in [-0.05, 0) is 30.5 Å². The summed E-state index contributed by atoms with van der Waals surface area (Å²) >= 11 is 0. The predicted octanol–water partition coefficient (Wildman–Crippen LogP) is 1.84. The number of aliphatic carboxylic acids is 1. The Morgan fingerprint density at radius 1 is 1.43 bits per heavy atom. The maximum atomic E-state index is 13.6. The lowest BCUT2D eigenvalue weighted by Crippen LogP contribution is -2.29. The van der Waals surface area contributed by atoms with E-state index < -0.39 is 17.7 Å². The van der Waals surface area contributed by atoms with Crippen molar-refractivity contribution in [3.05, 3.63) is 29.6 Å². The maximum Gasteiger partial charge on any atom is 0.306 e. The van der Waals surface area contributed by atoms with Crippen LogP contribution in [0.5, 0.6) is 5.75 Å². The van der Waals surface area contributed by atoms with Gasteiger partial charge in [0.25, 0.3) is 0 Å². The number of rotatable bonds is 8. The van der Waals surface area contributed by atoms with E-state index in [-0.39, 0.29) is 24.7 Å². The normalized spacial score (nSPS) is 11.4. The number of carbonyl (C=O) groups is 2. The van der Waals surface area contributed by atoms with E-state index in [9.17, 15) is 14.0 Å². The summed E-state index contributed by atoms with van der Waals surface area (Å²) in [6.45, 7) is -0.129. The zero-order valence-electron chi connectivity index (χ0n) is 13.1. The number of nitrogens with zero attached hydrogens (tertiary/aromatic N) is 2. The Kier molecular flexibility index (Phi) is 7.00. The van der Waals surface area contributed by atoms with E-state index in [1.54, 1.807) is 20.2 Å². The van der Waals surface area contributed by atoms with Crippen molar-refractivity contribution >= 4 is 11.9 Å². The van der Waals surface area contributed by atoms with Gasteiger partial charge in [0.1, 0.15) is 5.92 Å². The van der Waals surface area contributed by atoms with Gasteiger partial charge in [-0.15, -0.1) is 0 Å². The van der Waals surface area contributed by atoms with Crippen LogP contribution in [0.1, 0.15) is 18.4 Å². The molecular weight excluding hydrogens is 303 g/mol. The van der Waals surface area contributed by atoms with Crippen molar-refractivity contribution in [2.45, 2.75) is 19.3 Å². The lowest BCUT2D eigenvalue weighted by atomic mass is 9.99. The molecule has 0 saturated heterocycles. The number of nitriles is 1. The van der Waals surface area contributed by atoms with Crippen LogP contribution in [0.25, 0.3) is 0 Å². The number of hydrogen-bond acceptors (Lipinski definition) is 4. The Balaban J connectivity index is 2.69. The van der Waals surface area contributed by atoms with Gasteiger partial charge in [-0.25, -0.2) is 4.39 Å². The minimum Gasteiger partial charge on any atom is -0.490 e. The zero-order chi connectivity index (χ0) is 17.4. The molecule has 1 aromatic rings. The average Bonchev–Trinajstić information content (AvgIpc) is 2.49. The Morgan fingerprint density at radius 3 is 2.70 bits per heavy atom. The highest BCUT2D eigenvalue weighted by Gasteiger charge is 2.19. The Bertz CT molecular complexity index is 611. The zero-order valence-corrected chi connectivity index (χ0v) is 13.1. The van der Waals surface area contributed by atoms with Crippen molar-refractivity contribution in [3.8, 4) is 11.8 Å². The first kappa shape index (κ1) is 18.4. The van der Waals surface area contributed by atoms with Gasteiger partial charge in [-0.1, -0.05) is 6.07 Å². The third-order valence-corrected chi connectivity index (χ3v) is 3.19. The van der Waals surface area contributed by atoms with Gasteiger partial charge in [0.2, 0.25) is 5.91 Å². The summed E-state index contributed by atoms with van der Waals surface area (Å²) in [5, 5.41) is 17.6. The van der Waals surface area contributed by atoms with Crippen molar-refractivity contribution in [3.63, 3.8) is 0 Å². The van der Waals surface area contributed by atoms with Crippen LogP contribution < -0.4 is 4.74 Å². The van der Waals surface area contributed by atoms with Gasteiger partial charge < -0.3 is 14.7 Å². The molecule has 0 bridgehead atoms. The predicted molar refractivity (Wildman–Crippen MR) is 80.3 cm³/mol. The topological polar surface area (TPSA) is 90.6 Å². The van der Waals surface area contributed by atoms with Gasteiger partial charge in [-0.2, -0.15) is 5.26 Å². The molecule has 6 nitrogen and oxygen atoms in total. The van der Waals surface area contributed by atoms with Crippen LogP contribution >= 0.6 is 0 Å². The molecule has 0 aromatic heterocycles. The summed E-state index contributed by atoms with van der Waals surface area (Å²) in [5.74, 6) is -2.67. The number of halogens is 1. The molecule has 1 N–H and O–H groups in total. The quantitative estimate of drug-likeness (QED) is 0.788. The summed E-state index contributed by atoms with van der Waals surface area (Å²) in [4.78, 5) is 23.6. The molecule has 0 aliphatic rings. The molecule has 1 unspecified atom stereocenters. The minimum atomic E-state index is -1.03. The van der Waals surface area contributed by atoms with Gasteiger partial charge >= 0.3 is 5.97 Å². The molecule has 0 radical (unpaired) electrons. The van der Waals surface area contributed by atoms with E-state index in [1.807, 2.05) is 6.07 Å². The van der Waals surface area contributed by atoms with Crippen molar-refractivity contribution in [1.29, 1.82) is 5.26 Å². The van der Waals surface area contributed by atoms with Crippen molar-refractivity contribution in [1.82, 2.24) is 4.90 Å². The maximum absolute atomic E-state index is 13.6. The summed E-state index contributed by atoms with van der Waals surface area (Å²) < 4.78 is 18.7. The van der Waals surface area contributed by atoms with Gasteiger partial charge in [0.05, 0.1) is 19.1 Å². The van der Waals surface area contributed by atoms with E-state index in [4.69, 9.17) is 15.1 Å². The van der Waals surface area contributed by atoms with Crippen LogP contribution in [0, 0.1) is 23.1 Å². The van der Waals surface area contributed by atoms with Gasteiger partial charge in [-0.3, -0.25) is 9.59 Å². The first-order valence-corrected chi connectivity index (χ1v) is 7.09. The number of hydrogen-bond donors (Lipinski definition) is 1. The SMILES string of the molecule is CN(C)C(=O)C(C#N)CCc1ccc(F)c(OCCC(=O)O)c1. The molecule has 7 heteroatoms. The first-order chi connectivity index (χ1) is 10.8. The second kappa shape index (κ2) is 8.73. The molecule has 23 heavy (non-hydrogen) atoms. The standard InChI is InChI=1S/C16H19FN2O4/c1-19(2)16(22)12(10-18)5-3-11-4-6-13(17)14(9-11)23-8-7-15(20)21/h4,6,9,12H,3,5,7-8H2,1-2H3,(H,20,21). The summed E-state index contributed by atoms with van der Waals surface area (Å²) in [7, 11) is 3.16. The second-order valence-electron chi connectivity index (χ2n) is 5.21. The van der Waals surface area contributed by atoms with Crippen LogP contribution in [-0.2, 0) is 16.0 Å². The third kappa shape index (κ3) is 5.94. The number of carbonyl (C=O) groups excluding carboxylic acids is 1. The molecule has 1 atom stereocenters. The van der Waals surface area contributed by atoms with Crippen molar-refractivity contribution in [2.75, 3.05) is 20.7 Å². The molecule has 0 aliphatic heterocycles. The Morgan fingerprint density at radius 2 is 2.13 bits per heavy atom. The van der Waals surface area contributed by atoms with E-state index >= 15 is 0 Å².